The minimum absolute atomic E-state index is 0.0110. The van der Waals surface area contributed by atoms with Crippen LogP contribution in [0, 0.1) is 0 Å². The third-order valence-corrected chi connectivity index (χ3v) is 3.65. The fraction of sp³-hybridized carbons (Fsp3) is 0.111. The van der Waals surface area contributed by atoms with Gasteiger partial charge in [0.1, 0.15) is 6.54 Å². The number of benzene rings is 2. The number of hydrazone groups is 1. The van der Waals surface area contributed by atoms with Crippen LogP contribution in [0.4, 0.5) is 0 Å². The number of methoxy groups -OCH3 is 1. The predicted octanol–water partition coefficient (Wildman–Crippen LogP) is 1.26. The van der Waals surface area contributed by atoms with Crippen molar-refractivity contribution in [2.45, 2.75) is 6.54 Å². The zero-order valence-corrected chi connectivity index (χ0v) is 13.9. The molecule has 3 aromatic rings. The molecule has 0 unspecified atom stereocenters. The van der Waals surface area contributed by atoms with Gasteiger partial charge in [0.15, 0.2) is 11.5 Å². The molecular formula is C18H16N4O4. The summed E-state index contributed by atoms with van der Waals surface area (Å²) in [6.45, 7) is -0.201. The van der Waals surface area contributed by atoms with Crippen LogP contribution in [-0.2, 0) is 11.3 Å². The third-order valence-electron chi connectivity index (χ3n) is 3.65. The number of carbonyl (C=O) groups excluding carboxylic acids is 1. The first kappa shape index (κ1) is 17.2. The summed E-state index contributed by atoms with van der Waals surface area (Å²) in [5.41, 5.74) is 3.26. The number of aromatic hydroxyl groups is 1. The van der Waals surface area contributed by atoms with Gasteiger partial charge in [-0.3, -0.25) is 14.2 Å². The molecular weight excluding hydrogens is 336 g/mol. The molecule has 26 heavy (non-hydrogen) atoms. The maximum atomic E-state index is 12.3. The Morgan fingerprint density at radius 2 is 2.15 bits per heavy atom. The van der Waals surface area contributed by atoms with Gasteiger partial charge < -0.3 is 9.84 Å². The van der Waals surface area contributed by atoms with Gasteiger partial charge in [-0.15, -0.1) is 0 Å². The van der Waals surface area contributed by atoms with Gasteiger partial charge in [0.05, 0.1) is 30.6 Å². The molecule has 1 heterocycles. The second-order valence-electron chi connectivity index (χ2n) is 5.42. The van der Waals surface area contributed by atoms with Crippen LogP contribution in [0.5, 0.6) is 11.5 Å². The zero-order valence-electron chi connectivity index (χ0n) is 13.9. The summed E-state index contributed by atoms with van der Waals surface area (Å²) in [4.78, 5) is 28.5. The number of phenolic OH excluding ortho intramolecular Hbond substituents is 1. The fourth-order valence-electron chi connectivity index (χ4n) is 2.36. The highest BCUT2D eigenvalue weighted by atomic mass is 16.5. The first-order valence-corrected chi connectivity index (χ1v) is 7.71. The van der Waals surface area contributed by atoms with Gasteiger partial charge in [0.2, 0.25) is 0 Å². The standard InChI is InChI=1S/C18H16N4O4/c1-26-16-8-12(6-7-15(16)23)9-20-21-17(24)10-22-11-19-14-5-3-2-4-13(14)18(22)25/h2-9,11,23H,10H2,1H3,(H,21,24)/b20-9+. The van der Waals surface area contributed by atoms with Crippen LogP contribution in [0.1, 0.15) is 5.56 Å². The molecule has 0 aliphatic heterocycles. The number of nitrogens with one attached hydrogen (secondary N) is 1. The average Bonchev–Trinajstić information content (AvgIpc) is 2.65. The van der Waals surface area contributed by atoms with E-state index in [0.29, 0.717) is 22.2 Å². The predicted molar refractivity (Wildman–Crippen MR) is 96.4 cm³/mol. The van der Waals surface area contributed by atoms with Crippen LogP contribution in [0.2, 0.25) is 0 Å². The summed E-state index contributed by atoms with van der Waals surface area (Å²) < 4.78 is 6.22. The van der Waals surface area contributed by atoms with Crippen LogP contribution in [0.15, 0.2) is 58.7 Å². The summed E-state index contributed by atoms with van der Waals surface area (Å²) in [6, 6.07) is 11.6. The molecule has 0 spiro atoms. The van der Waals surface area contributed by atoms with E-state index in [1.54, 1.807) is 36.4 Å². The Hall–Kier alpha value is -3.68. The molecule has 0 radical (unpaired) electrons. The minimum atomic E-state index is -0.467. The number of hydrogen-bond acceptors (Lipinski definition) is 6. The molecule has 1 amide bonds. The average molecular weight is 352 g/mol. The highest BCUT2D eigenvalue weighted by Crippen LogP contribution is 2.25. The molecule has 2 N–H and O–H groups in total. The van der Waals surface area contributed by atoms with Crippen LogP contribution in [0.3, 0.4) is 0 Å². The Kier molecular flexibility index (Phi) is 4.93. The van der Waals surface area contributed by atoms with E-state index in [2.05, 4.69) is 15.5 Å². The first-order valence-electron chi connectivity index (χ1n) is 7.71. The number of para-hydroxylation sites is 1. The molecule has 0 saturated heterocycles. The third kappa shape index (κ3) is 3.69. The maximum absolute atomic E-state index is 12.3. The monoisotopic (exact) mass is 352 g/mol. The van der Waals surface area contributed by atoms with E-state index in [0.717, 1.165) is 0 Å². The van der Waals surface area contributed by atoms with Crippen molar-refractivity contribution < 1.29 is 14.6 Å². The molecule has 1 aromatic heterocycles. The molecule has 8 heteroatoms. The quantitative estimate of drug-likeness (QED) is 0.531. The second-order valence-corrected chi connectivity index (χ2v) is 5.42. The SMILES string of the molecule is COc1cc(/C=N/NC(=O)Cn2cnc3ccccc3c2=O)ccc1O. The van der Waals surface area contributed by atoms with Crippen molar-refractivity contribution in [3.8, 4) is 11.5 Å². The molecule has 0 bridgehead atoms. The number of ether oxygens (including phenoxy) is 1. The molecule has 0 aliphatic rings. The number of aromatic nitrogens is 2. The lowest BCUT2D eigenvalue weighted by Crippen LogP contribution is -2.30. The van der Waals surface area contributed by atoms with Crippen molar-refractivity contribution in [3.63, 3.8) is 0 Å². The zero-order chi connectivity index (χ0) is 18.5. The van der Waals surface area contributed by atoms with Gasteiger partial charge in [-0.05, 0) is 35.9 Å². The van der Waals surface area contributed by atoms with Gasteiger partial charge in [0.25, 0.3) is 11.5 Å². The Labute approximate surface area is 148 Å². The number of rotatable bonds is 5. The van der Waals surface area contributed by atoms with Crippen molar-refractivity contribution in [3.05, 3.63) is 64.7 Å². The Morgan fingerprint density at radius 3 is 2.96 bits per heavy atom. The minimum Gasteiger partial charge on any atom is -0.504 e. The largest absolute Gasteiger partial charge is 0.504 e. The van der Waals surface area contributed by atoms with Crippen LogP contribution in [0.25, 0.3) is 10.9 Å². The molecule has 0 fully saturated rings. The van der Waals surface area contributed by atoms with Crippen molar-refractivity contribution in [2.24, 2.45) is 5.10 Å². The highest BCUT2D eigenvalue weighted by Gasteiger charge is 2.07. The normalized spacial score (nSPS) is 11.0. The van der Waals surface area contributed by atoms with Crippen molar-refractivity contribution in [1.82, 2.24) is 15.0 Å². The highest BCUT2D eigenvalue weighted by molar-refractivity contribution is 5.83. The summed E-state index contributed by atoms with van der Waals surface area (Å²) in [5, 5.41) is 13.8. The molecule has 0 atom stereocenters. The summed E-state index contributed by atoms with van der Waals surface area (Å²) in [7, 11) is 1.44. The maximum Gasteiger partial charge on any atom is 0.261 e. The van der Waals surface area contributed by atoms with E-state index in [-0.39, 0.29) is 17.9 Å². The molecule has 2 aromatic carbocycles. The Balaban J connectivity index is 1.68. The summed E-state index contributed by atoms with van der Waals surface area (Å²) in [5.74, 6) is -0.155. The topological polar surface area (TPSA) is 106 Å². The van der Waals surface area contributed by atoms with Crippen LogP contribution >= 0.6 is 0 Å². The lowest BCUT2D eigenvalue weighted by atomic mass is 10.2. The van der Waals surface area contributed by atoms with Gasteiger partial charge in [0, 0.05) is 0 Å². The van der Waals surface area contributed by atoms with Gasteiger partial charge in [-0.25, -0.2) is 10.4 Å². The van der Waals surface area contributed by atoms with Crippen molar-refractivity contribution in [1.29, 1.82) is 0 Å². The molecule has 8 nitrogen and oxygen atoms in total. The molecule has 0 aliphatic carbocycles. The molecule has 3 rings (SSSR count). The Morgan fingerprint density at radius 1 is 1.35 bits per heavy atom. The summed E-state index contributed by atoms with van der Waals surface area (Å²) >= 11 is 0. The smallest absolute Gasteiger partial charge is 0.261 e. The number of fused-ring (bicyclic) bond motifs is 1. The van der Waals surface area contributed by atoms with E-state index in [1.165, 1.54) is 30.3 Å². The number of nitrogens with zero attached hydrogens (tertiary/aromatic N) is 3. The van der Waals surface area contributed by atoms with E-state index < -0.39 is 5.91 Å². The number of phenols is 1. The number of hydrogen-bond donors (Lipinski definition) is 2. The van der Waals surface area contributed by atoms with E-state index >= 15 is 0 Å². The first-order chi connectivity index (χ1) is 12.6. The van der Waals surface area contributed by atoms with E-state index in [1.807, 2.05) is 0 Å². The van der Waals surface area contributed by atoms with E-state index in [9.17, 15) is 14.7 Å². The number of carbonyl (C=O) groups is 1. The number of amides is 1. The van der Waals surface area contributed by atoms with Gasteiger partial charge in [-0.2, -0.15) is 5.10 Å². The van der Waals surface area contributed by atoms with Gasteiger partial charge >= 0.3 is 0 Å². The fourth-order valence-corrected chi connectivity index (χ4v) is 2.36. The lowest BCUT2D eigenvalue weighted by Gasteiger charge is -2.05. The molecule has 132 valence electrons. The Bertz CT molecular complexity index is 1040. The second kappa shape index (κ2) is 7.47. The van der Waals surface area contributed by atoms with Crippen molar-refractivity contribution >= 4 is 23.0 Å². The van der Waals surface area contributed by atoms with Gasteiger partial charge in [-0.1, -0.05) is 12.1 Å². The van der Waals surface area contributed by atoms with Crippen LogP contribution in [-0.4, -0.2) is 33.9 Å². The lowest BCUT2D eigenvalue weighted by molar-refractivity contribution is -0.121. The summed E-state index contributed by atoms with van der Waals surface area (Å²) in [6.07, 6.45) is 2.74. The molecule has 0 saturated carbocycles. The van der Waals surface area contributed by atoms with Crippen LogP contribution < -0.4 is 15.7 Å². The van der Waals surface area contributed by atoms with E-state index in [4.69, 9.17) is 4.74 Å². The van der Waals surface area contributed by atoms with Crippen molar-refractivity contribution in [2.75, 3.05) is 7.11 Å².